The van der Waals surface area contributed by atoms with Crippen molar-refractivity contribution in [2.24, 2.45) is 5.73 Å². The van der Waals surface area contributed by atoms with E-state index in [1.165, 1.54) is 11.3 Å². The molecule has 0 fully saturated rings. The zero-order chi connectivity index (χ0) is 16.2. The lowest BCUT2D eigenvalue weighted by Crippen LogP contribution is -2.35. The highest BCUT2D eigenvalue weighted by molar-refractivity contribution is 7.14. The first-order valence-corrected chi connectivity index (χ1v) is 8.47. The van der Waals surface area contributed by atoms with Gasteiger partial charge in [-0.3, -0.25) is 4.79 Å². The summed E-state index contributed by atoms with van der Waals surface area (Å²) in [5, 5.41) is 5.21. The van der Waals surface area contributed by atoms with E-state index in [2.05, 4.69) is 10.3 Å². The lowest BCUT2D eigenvalue weighted by Gasteiger charge is -2.18. The van der Waals surface area contributed by atoms with Crippen LogP contribution in [0.3, 0.4) is 0 Å². The Hall–Kier alpha value is -2.12. The van der Waals surface area contributed by atoms with Crippen LogP contribution in [0, 0.1) is 0 Å². The van der Waals surface area contributed by atoms with Crippen molar-refractivity contribution in [3.63, 3.8) is 0 Å². The van der Waals surface area contributed by atoms with E-state index in [1.807, 2.05) is 30.5 Å². The Kier molecular flexibility index (Phi) is 4.78. The minimum atomic E-state index is -0.498. The molecule has 3 N–H and O–H groups in total. The van der Waals surface area contributed by atoms with Crippen LogP contribution in [0.25, 0.3) is 11.3 Å². The zero-order valence-electron chi connectivity index (χ0n) is 12.9. The molecular formula is C16H19N3O3S. The Bertz CT molecular complexity index is 702. The number of ether oxygens (including phenoxy) is 2. The van der Waals surface area contributed by atoms with Crippen molar-refractivity contribution in [1.82, 2.24) is 4.98 Å². The zero-order valence-corrected chi connectivity index (χ0v) is 13.7. The molecule has 0 radical (unpaired) electrons. The predicted octanol–water partition coefficient (Wildman–Crippen LogP) is 2.65. The number of carbonyl (C=O) groups excluding carboxylic acids is 1. The lowest BCUT2D eigenvalue weighted by atomic mass is 10.1. The van der Waals surface area contributed by atoms with E-state index in [4.69, 9.17) is 15.2 Å². The Morgan fingerprint density at radius 2 is 2.17 bits per heavy atom. The first kappa shape index (κ1) is 15.8. The smallest absolute Gasteiger partial charge is 0.243 e. The number of fused-ring (bicyclic) bond motifs is 1. The van der Waals surface area contributed by atoms with Crippen LogP contribution in [0.15, 0.2) is 23.6 Å². The van der Waals surface area contributed by atoms with Gasteiger partial charge in [0.05, 0.1) is 11.7 Å². The van der Waals surface area contributed by atoms with E-state index in [9.17, 15) is 4.79 Å². The van der Waals surface area contributed by atoms with Gasteiger partial charge < -0.3 is 20.5 Å². The molecule has 0 spiro atoms. The van der Waals surface area contributed by atoms with E-state index in [-0.39, 0.29) is 5.91 Å². The third kappa shape index (κ3) is 3.62. The Balaban J connectivity index is 1.73. The molecule has 1 amide bonds. The number of nitrogens with one attached hydrogen (secondary N) is 1. The molecule has 1 aromatic carbocycles. The van der Waals surface area contributed by atoms with Crippen LogP contribution < -0.4 is 20.5 Å². The first-order valence-electron chi connectivity index (χ1n) is 7.59. The fourth-order valence-corrected chi connectivity index (χ4v) is 3.03. The summed E-state index contributed by atoms with van der Waals surface area (Å²) < 4.78 is 11.1. The van der Waals surface area contributed by atoms with Crippen LogP contribution in [0.1, 0.15) is 19.8 Å². The van der Waals surface area contributed by atoms with Crippen LogP contribution in [0.4, 0.5) is 5.13 Å². The third-order valence-electron chi connectivity index (χ3n) is 3.51. The number of hydrogen-bond donors (Lipinski definition) is 2. The summed E-state index contributed by atoms with van der Waals surface area (Å²) >= 11 is 1.37. The number of hydrogen-bond acceptors (Lipinski definition) is 6. The molecule has 2 heterocycles. The Morgan fingerprint density at radius 1 is 1.39 bits per heavy atom. The number of amides is 1. The second-order valence-electron chi connectivity index (χ2n) is 5.28. The molecule has 0 bridgehead atoms. The van der Waals surface area contributed by atoms with Crippen molar-refractivity contribution in [1.29, 1.82) is 0 Å². The highest BCUT2D eigenvalue weighted by Crippen LogP contribution is 2.35. The Labute approximate surface area is 138 Å². The molecule has 0 saturated carbocycles. The van der Waals surface area contributed by atoms with Gasteiger partial charge in [-0.05, 0) is 24.6 Å². The molecular weight excluding hydrogens is 314 g/mol. The van der Waals surface area contributed by atoms with Crippen LogP contribution in [0.5, 0.6) is 11.5 Å². The molecule has 1 unspecified atom stereocenters. The second-order valence-corrected chi connectivity index (χ2v) is 6.14. The standard InChI is InChI=1S/C16H19N3O3S/c1-2-3-11(17)15(20)19-16-18-12(9-23-16)10-4-5-13-14(8-10)22-7-6-21-13/h4-5,8-9,11H,2-3,6-7,17H2,1H3,(H,18,19,20). The molecule has 23 heavy (non-hydrogen) atoms. The summed E-state index contributed by atoms with van der Waals surface area (Å²) in [6.07, 6.45) is 1.53. The molecule has 0 saturated heterocycles. The fourth-order valence-electron chi connectivity index (χ4n) is 2.31. The summed E-state index contributed by atoms with van der Waals surface area (Å²) in [6.45, 7) is 3.11. The monoisotopic (exact) mass is 333 g/mol. The summed E-state index contributed by atoms with van der Waals surface area (Å²) in [6, 6.07) is 5.20. The SMILES string of the molecule is CCCC(N)C(=O)Nc1nc(-c2ccc3c(c2)OCCO3)cs1. The van der Waals surface area contributed by atoms with E-state index < -0.39 is 6.04 Å². The van der Waals surface area contributed by atoms with Gasteiger partial charge in [-0.2, -0.15) is 0 Å². The van der Waals surface area contributed by atoms with Gasteiger partial charge in [0.25, 0.3) is 0 Å². The average molecular weight is 333 g/mol. The van der Waals surface area contributed by atoms with Gasteiger partial charge >= 0.3 is 0 Å². The number of carbonyl (C=O) groups is 1. The molecule has 2 aromatic rings. The lowest BCUT2D eigenvalue weighted by molar-refractivity contribution is -0.117. The first-order chi connectivity index (χ1) is 11.2. The van der Waals surface area contributed by atoms with Crippen LogP contribution in [-0.2, 0) is 4.79 Å². The quantitative estimate of drug-likeness (QED) is 0.878. The summed E-state index contributed by atoms with van der Waals surface area (Å²) in [4.78, 5) is 16.4. The molecule has 1 aliphatic heterocycles. The molecule has 1 aromatic heterocycles. The second kappa shape index (κ2) is 6.97. The van der Waals surface area contributed by atoms with Gasteiger partial charge in [-0.15, -0.1) is 11.3 Å². The molecule has 3 rings (SSSR count). The number of nitrogens with zero attached hydrogens (tertiary/aromatic N) is 1. The van der Waals surface area contributed by atoms with Crippen molar-refractivity contribution in [2.75, 3.05) is 18.5 Å². The van der Waals surface area contributed by atoms with E-state index in [0.29, 0.717) is 24.8 Å². The topological polar surface area (TPSA) is 86.5 Å². The maximum atomic E-state index is 11.9. The van der Waals surface area contributed by atoms with Crippen molar-refractivity contribution >= 4 is 22.4 Å². The van der Waals surface area contributed by atoms with E-state index in [1.54, 1.807) is 0 Å². The maximum absolute atomic E-state index is 11.9. The normalized spacial score (nSPS) is 14.3. The van der Waals surface area contributed by atoms with Crippen LogP contribution >= 0.6 is 11.3 Å². The fraction of sp³-hybridized carbons (Fsp3) is 0.375. The van der Waals surface area contributed by atoms with Gasteiger partial charge in [0, 0.05) is 10.9 Å². The molecule has 7 heteroatoms. The van der Waals surface area contributed by atoms with Crippen molar-refractivity contribution in [3.05, 3.63) is 23.6 Å². The van der Waals surface area contributed by atoms with Crippen LogP contribution in [0.2, 0.25) is 0 Å². The molecule has 1 aliphatic rings. The summed E-state index contributed by atoms with van der Waals surface area (Å²) in [5.41, 5.74) is 7.51. The number of rotatable bonds is 5. The van der Waals surface area contributed by atoms with Crippen LogP contribution in [-0.4, -0.2) is 30.1 Å². The molecule has 0 aliphatic carbocycles. The Morgan fingerprint density at radius 3 is 2.96 bits per heavy atom. The highest BCUT2D eigenvalue weighted by atomic mass is 32.1. The molecule has 6 nitrogen and oxygen atoms in total. The van der Waals surface area contributed by atoms with Gasteiger partial charge in [0.1, 0.15) is 13.2 Å². The average Bonchev–Trinajstić information content (AvgIpc) is 3.03. The summed E-state index contributed by atoms with van der Waals surface area (Å²) in [7, 11) is 0. The van der Waals surface area contributed by atoms with E-state index in [0.717, 1.165) is 29.2 Å². The molecule has 1 atom stereocenters. The van der Waals surface area contributed by atoms with Gasteiger partial charge in [0.15, 0.2) is 16.6 Å². The van der Waals surface area contributed by atoms with E-state index >= 15 is 0 Å². The number of benzene rings is 1. The number of aromatic nitrogens is 1. The summed E-state index contributed by atoms with van der Waals surface area (Å²) in [5.74, 6) is 1.27. The minimum absolute atomic E-state index is 0.199. The molecule has 122 valence electrons. The number of thiazole rings is 1. The van der Waals surface area contributed by atoms with Crippen molar-refractivity contribution < 1.29 is 14.3 Å². The predicted molar refractivity (Wildman–Crippen MR) is 90.1 cm³/mol. The van der Waals surface area contributed by atoms with Gasteiger partial charge in [-0.25, -0.2) is 4.98 Å². The number of nitrogens with two attached hydrogens (primary N) is 1. The van der Waals surface area contributed by atoms with Gasteiger partial charge in [-0.1, -0.05) is 13.3 Å². The highest BCUT2D eigenvalue weighted by Gasteiger charge is 2.16. The van der Waals surface area contributed by atoms with Gasteiger partial charge in [0.2, 0.25) is 5.91 Å². The number of anilines is 1. The minimum Gasteiger partial charge on any atom is -0.486 e. The largest absolute Gasteiger partial charge is 0.486 e. The van der Waals surface area contributed by atoms with Crippen molar-refractivity contribution in [3.8, 4) is 22.8 Å². The van der Waals surface area contributed by atoms with Crippen molar-refractivity contribution in [2.45, 2.75) is 25.8 Å². The maximum Gasteiger partial charge on any atom is 0.243 e. The third-order valence-corrected chi connectivity index (χ3v) is 4.27.